The monoisotopic (exact) mass is 332 g/mol. The fourth-order valence-electron chi connectivity index (χ4n) is 2.38. The summed E-state index contributed by atoms with van der Waals surface area (Å²) in [5.74, 6) is -0.0248. The highest BCUT2D eigenvalue weighted by Gasteiger charge is 2.22. The van der Waals surface area contributed by atoms with Crippen LogP contribution in [0.25, 0.3) is 10.8 Å². The number of hydrogen-bond acceptors (Lipinski definition) is 5. The molecule has 1 atom stereocenters. The van der Waals surface area contributed by atoms with E-state index >= 15 is 0 Å². The Morgan fingerprint density at radius 3 is 2.74 bits per heavy atom. The van der Waals surface area contributed by atoms with Crippen molar-refractivity contribution >= 4 is 40.1 Å². The number of hydrogen-bond donors (Lipinski definition) is 2. The standard InChI is InChI=1S/C17H20N2O3S/c1-22-17(21)15(7-8-23-2)19-16(20)14-10-12(18)9-11-5-3-4-6-13(11)14/h3-6,9-10,15H,7-8,18H2,1-2H3,(H,19,20)/t15-/m0/s1. The number of fused-ring (bicyclic) bond motifs is 1. The number of rotatable bonds is 6. The summed E-state index contributed by atoms with van der Waals surface area (Å²) in [5.41, 5.74) is 6.85. The Balaban J connectivity index is 2.30. The molecule has 0 aromatic heterocycles. The predicted molar refractivity (Wildman–Crippen MR) is 94.6 cm³/mol. The van der Waals surface area contributed by atoms with E-state index in [9.17, 15) is 9.59 Å². The van der Waals surface area contributed by atoms with Gasteiger partial charge in [-0.2, -0.15) is 11.8 Å². The van der Waals surface area contributed by atoms with Crippen LogP contribution in [0.4, 0.5) is 5.69 Å². The van der Waals surface area contributed by atoms with Crippen LogP contribution in [0.1, 0.15) is 16.8 Å². The van der Waals surface area contributed by atoms with Gasteiger partial charge >= 0.3 is 5.97 Å². The Bertz CT molecular complexity index is 718. The second-order valence-corrected chi connectivity index (χ2v) is 6.11. The van der Waals surface area contributed by atoms with Gasteiger partial charge in [0.1, 0.15) is 6.04 Å². The lowest BCUT2D eigenvalue weighted by molar-refractivity contribution is -0.142. The summed E-state index contributed by atoms with van der Waals surface area (Å²) in [5, 5.41) is 4.44. The molecule has 0 spiro atoms. The summed E-state index contributed by atoms with van der Waals surface area (Å²) in [4.78, 5) is 24.5. The maximum atomic E-state index is 12.6. The molecule has 0 aliphatic carbocycles. The number of benzene rings is 2. The van der Waals surface area contributed by atoms with E-state index in [0.29, 0.717) is 17.7 Å². The van der Waals surface area contributed by atoms with Crippen molar-refractivity contribution in [3.63, 3.8) is 0 Å². The topological polar surface area (TPSA) is 81.4 Å². The number of nitrogens with one attached hydrogen (secondary N) is 1. The third-order valence-electron chi connectivity index (χ3n) is 3.53. The maximum absolute atomic E-state index is 12.6. The molecule has 0 aliphatic heterocycles. The van der Waals surface area contributed by atoms with Gasteiger partial charge in [-0.05, 0) is 41.3 Å². The van der Waals surface area contributed by atoms with Gasteiger partial charge in [-0.25, -0.2) is 4.79 Å². The normalized spacial score (nSPS) is 11.9. The number of esters is 1. The third-order valence-corrected chi connectivity index (χ3v) is 4.17. The van der Waals surface area contributed by atoms with Gasteiger partial charge in [0.2, 0.25) is 0 Å². The molecular weight excluding hydrogens is 312 g/mol. The Morgan fingerprint density at radius 2 is 2.04 bits per heavy atom. The summed E-state index contributed by atoms with van der Waals surface area (Å²) >= 11 is 1.61. The van der Waals surface area contributed by atoms with Crippen LogP contribution in [0, 0.1) is 0 Å². The molecule has 0 saturated carbocycles. The molecule has 6 heteroatoms. The van der Waals surface area contributed by atoms with E-state index in [2.05, 4.69) is 5.32 Å². The summed E-state index contributed by atoms with van der Waals surface area (Å²) in [7, 11) is 1.32. The van der Waals surface area contributed by atoms with Gasteiger partial charge in [0.15, 0.2) is 0 Å². The third kappa shape index (κ3) is 4.16. The molecule has 0 aliphatic rings. The molecule has 0 fully saturated rings. The van der Waals surface area contributed by atoms with Crippen LogP contribution in [-0.2, 0) is 9.53 Å². The molecule has 0 heterocycles. The van der Waals surface area contributed by atoms with E-state index in [0.717, 1.165) is 16.5 Å². The van der Waals surface area contributed by atoms with Crippen LogP contribution < -0.4 is 11.1 Å². The largest absolute Gasteiger partial charge is 0.467 e. The van der Waals surface area contributed by atoms with E-state index in [4.69, 9.17) is 10.5 Å². The fourth-order valence-corrected chi connectivity index (χ4v) is 2.86. The minimum atomic E-state index is -0.667. The first-order chi connectivity index (χ1) is 11.1. The van der Waals surface area contributed by atoms with Crippen molar-refractivity contribution in [3.8, 4) is 0 Å². The smallest absolute Gasteiger partial charge is 0.328 e. The van der Waals surface area contributed by atoms with E-state index < -0.39 is 12.0 Å². The van der Waals surface area contributed by atoms with Gasteiger partial charge in [0.25, 0.3) is 5.91 Å². The minimum Gasteiger partial charge on any atom is -0.467 e. The lowest BCUT2D eigenvalue weighted by atomic mass is 10.0. The Kier molecular flexibility index (Phi) is 5.87. The first-order valence-corrected chi connectivity index (χ1v) is 8.62. The molecule has 1 amide bonds. The van der Waals surface area contributed by atoms with Crippen LogP contribution in [-0.4, -0.2) is 37.0 Å². The van der Waals surface area contributed by atoms with Gasteiger partial charge in [-0.1, -0.05) is 24.3 Å². The molecule has 5 nitrogen and oxygen atoms in total. The van der Waals surface area contributed by atoms with Crippen molar-refractivity contribution in [2.75, 3.05) is 24.9 Å². The highest BCUT2D eigenvalue weighted by Crippen LogP contribution is 2.22. The molecule has 0 unspecified atom stereocenters. The SMILES string of the molecule is COC(=O)[C@H](CCSC)NC(=O)c1cc(N)cc2ccccc12. The Hall–Kier alpha value is -2.21. The zero-order valence-electron chi connectivity index (χ0n) is 13.2. The number of carbonyl (C=O) groups is 2. The average molecular weight is 332 g/mol. The van der Waals surface area contributed by atoms with Crippen LogP contribution >= 0.6 is 11.8 Å². The molecule has 0 saturated heterocycles. The number of carbonyl (C=O) groups excluding carboxylic acids is 2. The minimum absolute atomic E-state index is 0.329. The van der Waals surface area contributed by atoms with E-state index in [1.54, 1.807) is 17.8 Å². The van der Waals surface area contributed by atoms with Crippen molar-refractivity contribution in [1.82, 2.24) is 5.32 Å². The Morgan fingerprint density at radius 1 is 1.30 bits per heavy atom. The lowest BCUT2D eigenvalue weighted by Gasteiger charge is -2.17. The molecule has 23 heavy (non-hydrogen) atoms. The fraction of sp³-hybridized carbons (Fsp3) is 0.294. The number of thioether (sulfide) groups is 1. The van der Waals surface area contributed by atoms with Gasteiger partial charge in [0, 0.05) is 11.3 Å². The number of methoxy groups -OCH3 is 1. The second kappa shape index (κ2) is 7.87. The predicted octanol–water partition coefficient (Wildman–Crippen LogP) is 2.45. The quantitative estimate of drug-likeness (QED) is 0.627. The number of amides is 1. The molecule has 2 rings (SSSR count). The average Bonchev–Trinajstić information content (AvgIpc) is 2.56. The van der Waals surface area contributed by atoms with Crippen molar-refractivity contribution < 1.29 is 14.3 Å². The van der Waals surface area contributed by atoms with E-state index in [1.807, 2.05) is 36.6 Å². The molecule has 2 aromatic rings. The van der Waals surface area contributed by atoms with Crippen molar-refractivity contribution in [2.45, 2.75) is 12.5 Å². The summed E-state index contributed by atoms with van der Waals surface area (Å²) in [6, 6.07) is 10.3. The highest BCUT2D eigenvalue weighted by molar-refractivity contribution is 7.98. The zero-order valence-corrected chi connectivity index (χ0v) is 14.0. The summed E-state index contributed by atoms with van der Waals surface area (Å²) < 4.78 is 4.77. The van der Waals surface area contributed by atoms with Crippen molar-refractivity contribution in [2.24, 2.45) is 0 Å². The second-order valence-electron chi connectivity index (χ2n) is 5.12. The maximum Gasteiger partial charge on any atom is 0.328 e. The van der Waals surface area contributed by atoms with Crippen LogP contribution in [0.3, 0.4) is 0 Å². The van der Waals surface area contributed by atoms with Crippen LogP contribution in [0.15, 0.2) is 36.4 Å². The zero-order chi connectivity index (χ0) is 16.8. The van der Waals surface area contributed by atoms with Crippen molar-refractivity contribution in [1.29, 1.82) is 0 Å². The number of nitrogen functional groups attached to an aromatic ring is 1. The number of nitrogens with two attached hydrogens (primary N) is 1. The summed E-state index contributed by atoms with van der Waals surface area (Å²) in [6.07, 6.45) is 2.46. The molecule has 0 radical (unpaired) electrons. The lowest BCUT2D eigenvalue weighted by Crippen LogP contribution is -2.42. The van der Waals surface area contributed by atoms with E-state index in [-0.39, 0.29) is 5.91 Å². The van der Waals surface area contributed by atoms with Crippen molar-refractivity contribution in [3.05, 3.63) is 42.0 Å². The van der Waals surface area contributed by atoms with Gasteiger partial charge in [0.05, 0.1) is 7.11 Å². The number of anilines is 1. The summed E-state index contributed by atoms with van der Waals surface area (Å²) in [6.45, 7) is 0. The Labute approximate surface area is 139 Å². The van der Waals surface area contributed by atoms with Crippen LogP contribution in [0.2, 0.25) is 0 Å². The highest BCUT2D eigenvalue weighted by atomic mass is 32.2. The molecule has 2 aromatic carbocycles. The molecule has 122 valence electrons. The van der Waals surface area contributed by atoms with Gasteiger partial charge in [-0.15, -0.1) is 0 Å². The molecule has 0 bridgehead atoms. The first-order valence-electron chi connectivity index (χ1n) is 7.22. The van der Waals surface area contributed by atoms with E-state index in [1.165, 1.54) is 7.11 Å². The molecule has 3 N–H and O–H groups in total. The van der Waals surface area contributed by atoms with Gasteiger partial charge < -0.3 is 15.8 Å². The van der Waals surface area contributed by atoms with Crippen LogP contribution in [0.5, 0.6) is 0 Å². The first kappa shape index (κ1) is 17.1. The number of ether oxygens (including phenoxy) is 1. The molecular formula is C17H20N2O3S. The van der Waals surface area contributed by atoms with Gasteiger partial charge in [-0.3, -0.25) is 4.79 Å².